The first kappa shape index (κ1) is 15.2. The molecule has 1 unspecified atom stereocenters. The van der Waals surface area contributed by atoms with Gasteiger partial charge in [0.15, 0.2) is 11.5 Å². The van der Waals surface area contributed by atoms with E-state index in [4.69, 9.17) is 0 Å². The molecule has 0 bridgehead atoms. The van der Waals surface area contributed by atoms with Gasteiger partial charge in [0.2, 0.25) is 0 Å². The van der Waals surface area contributed by atoms with Crippen molar-refractivity contribution in [3.8, 4) is 0 Å². The van der Waals surface area contributed by atoms with E-state index in [9.17, 15) is 18.0 Å². The summed E-state index contributed by atoms with van der Waals surface area (Å²) in [7, 11) is 2.88. The summed E-state index contributed by atoms with van der Waals surface area (Å²) in [6.45, 7) is 1.92. The van der Waals surface area contributed by atoms with Crippen LogP contribution in [0.2, 0.25) is 0 Å². The van der Waals surface area contributed by atoms with E-state index in [-0.39, 0.29) is 12.4 Å². The van der Waals surface area contributed by atoms with Crippen LogP contribution in [0.1, 0.15) is 12.6 Å². The fraction of sp³-hybridized carbons (Fsp3) is 0.545. The van der Waals surface area contributed by atoms with Crippen LogP contribution in [0.3, 0.4) is 0 Å². The third-order valence-electron chi connectivity index (χ3n) is 2.48. The monoisotopic (exact) mass is 277 g/mol. The lowest BCUT2D eigenvalue weighted by Crippen LogP contribution is -2.30. The number of carbonyl (C=O) groups excluding carboxylic acids is 1. The maximum atomic E-state index is 12.3. The second-order valence-electron chi connectivity index (χ2n) is 4.08. The van der Waals surface area contributed by atoms with Gasteiger partial charge in [-0.1, -0.05) is 6.92 Å². The number of hydrogen-bond donors (Lipinski definition) is 0. The Morgan fingerprint density at radius 3 is 2.47 bits per heavy atom. The maximum Gasteiger partial charge on any atom is 0.435 e. The van der Waals surface area contributed by atoms with E-state index >= 15 is 0 Å². The van der Waals surface area contributed by atoms with E-state index in [1.165, 1.54) is 18.1 Å². The van der Waals surface area contributed by atoms with Gasteiger partial charge in [0.1, 0.15) is 0 Å². The number of aromatic nitrogens is 2. The van der Waals surface area contributed by atoms with Crippen LogP contribution in [0.15, 0.2) is 12.1 Å². The van der Waals surface area contributed by atoms with Gasteiger partial charge < -0.3 is 9.64 Å². The molecule has 1 rings (SSSR count). The molecule has 0 fully saturated rings. The second kappa shape index (κ2) is 5.85. The Hall–Kier alpha value is -1.86. The van der Waals surface area contributed by atoms with Crippen LogP contribution in [0.4, 0.5) is 19.0 Å². The van der Waals surface area contributed by atoms with Crippen molar-refractivity contribution in [1.29, 1.82) is 0 Å². The summed E-state index contributed by atoms with van der Waals surface area (Å²) in [5, 5.41) is 6.60. The molecule has 1 aromatic rings. The molecule has 1 aromatic heterocycles. The fourth-order valence-corrected chi connectivity index (χ4v) is 1.46. The number of rotatable bonds is 4. The van der Waals surface area contributed by atoms with Crippen LogP contribution < -0.4 is 4.90 Å². The number of alkyl halides is 3. The molecule has 0 aliphatic carbocycles. The first-order chi connectivity index (χ1) is 8.75. The van der Waals surface area contributed by atoms with E-state index in [2.05, 4.69) is 14.9 Å². The largest absolute Gasteiger partial charge is 0.469 e. The number of nitrogens with zero attached hydrogens (tertiary/aromatic N) is 3. The van der Waals surface area contributed by atoms with Crippen LogP contribution >= 0.6 is 0 Å². The van der Waals surface area contributed by atoms with Crippen molar-refractivity contribution in [3.63, 3.8) is 0 Å². The highest BCUT2D eigenvalue weighted by atomic mass is 19.4. The van der Waals surface area contributed by atoms with Gasteiger partial charge in [-0.05, 0) is 12.1 Å². The minimum atomic E-state index is -4.51. The highest BCUT2D eigenvalue weighted by molar-refractivity contribution is 5.72. The summed E-state index contributed by atoms with van der Waals surface area (Å²) in [5.41, 5.74) is -1.05. The lowest BCUT2D eigenvalue weighted by atomic mass is 10.2. The Balaban J connectivity index is 2.73. The molecule has 0 aliphatic rings. The standard InChI is InChI=1S/C11H14F3N3O2/c1-7(10(18)19-3)6-17(2)9-5-4-8(15-16-9)11(12,13)14/h4-5,7H,6H2,1-3H3. The van der Waals surface area contributed by atoms with Crippen molar-refractivity contribution >= 4 is 11.8 Å². The maximum absolute atomic E-state index is 12.3. The Labute approximate surface area is 108 Å². The molecular weight excluding hydrogens is 263 g/mol. The van der Waals surface area contributed by atoms with Crippen molar-refractivity contribution in [2.75, 3.05) is 25.6 Å². The van der Waals surface area contributed by atoms with E-state index in [1.807, 2.05) is 0 Å². The molecule has 0 saturated heterocycles. The third-order valence-corrected chi connectivity index (χ3v) is 2.48. The van der Waals surface area contributed by atoms with Crippen LogP contribution in [0.25, 0.3) is 0 Å². The van der Waals surface area contributed by atoms with E-state index in [1.54, 1.807) is 14.0 Å². The van der Waals surface area contributed by atoms with Crippen molar-refractivity contribution < 1.29 is 22.7 Å². The Morgan fingerprint density at radius 1 is 1.42 bits per heavy atom. The summed E-state index contributed by atoms with van der Waals surface area (Å²) in [4.78, 5) is 12.8. The molecule has 0 amide bonds. The van der Waals surface area contributed by atoms with Gasteiger partial charge in [0, 0.05) is 13.6 Å². The molecule has 0 radical (unpaired) electrons. The van der Waals surface area contributed by atoms with Gasteiger partial charge in [-0.15, -0.1) is 10.2 Å². The van der Waals surface area contributed by atoms with Gasteiger partial charge >= 0.3 is 12.1 Å². The number of esters is 1. The molecule has 106 valence electrons. The summed E-state index contributed by atoms with van der Waals surface area (Å²) >= 11 is 0. The molecule has 0 aliphatic heterocycles. The minimum absolute atomic E-state index is 0.253. The molecule has 0 N–H and O–H groups in total. The highest BCUT2D eigenvalue weighted by Crippen LogP contribution is 2.27. The molecule has 8 heteroatoms. The van der Waals surface area contributed by atoms with E-state index in [0.29, 0.717) is 0 Å². The van der Waals surface area contributed by atoms with E-state index < -0.39 is 23.8 Å². The number of carbonyl (C=O) groups is 1. The zero-order valence-electron chi connectivity index (χ0n) is 10.7. The SMILES string of the molecule is COC(=O)C(C)CN(C)c1ccc(C(F)(F)F)nn1. The smallest absolute Gasteiger partial charge is 0.435 e. The van der Waals surface area contributed by atoms with Gasteiger partial charge in [-0.25, -0.2) is 0 Å². The molecule has 0 spiro atoms. The van der Waals surface area contributed by atoms with Crippen LogP contribution in [-0.4, -0.2) is 36.9 Å². The topological polar surface area (TPSA) is 55.3 Å². The summed E-state index contributed by atoms with van der Waals surface area (Å²) in [5.74, 6) is -0.561. The molecule has 5 nitrogen and oxygen atoms in total. The highest BCUT2D eigenvalue weighted by Gasteiger charge is 2.33. The second-order valence-corrected chi connectivity index (χ2v) is 4.08. The first-order valence-electron chi connectivity index (χ1n) is 5.45. The van der Waals surface area contributed by atoms with Crippen molar-refractivity contribution in [2.45, 2.75) is 13.1 Å². The Bertz CT molecular complexity index is 434. The number of ether oxygens (including phenoxy) is 1. The zero-order chi connectivity index (χ0) is 14.6. The minimum Gasteiger partial charge on any atom is -0.469 e. The number of anilines is 1. The Morgan fingerprint density at radius 2 is 2.05 bits per heavy atom. The van der Waals surface area contributed by atoms with Crippen LogP contribution in [-0.2, 0) is 15.7 Å². The van der Waals surface area contributed by atoms with Gasteiger partial charge in [0.05, 0.1) is 13.0 Å². The molecule has 1 atom stereocenters. The summed E-state index contributed by atoms with van der Waals surface area (Å²) < 4.78 is 41.5. The van der Waals surface area contributed by atoms with Gasteiger partial charge in [0.25, 0.3) is 0 Å². The Kier molecular flexibility index (Phi) is 4.68. The number of hydrogen-bond acceptors (Lipinski definition) is 5. The molecule has 0 aromatic carbocycles. The predicted molar refractivity (Wildman–Crippen MR) is 61.5 cm³/mol. The lowest BCUT2D eigenvalue weighted by molar-refractivity contribution is -0.144. The first-order valence-corrected chi connectivity index (χ1v) is 5.45. The summed E-state index contributed by atoms with van der Waals surface area (Å²) in [6, 6.07) is 2.06. The molecule has 0 saturated carbocycles. The number of methoxy groups -OCH3 is 1. The zero-order valence-corrected chi connectivity index (χ0v) is 10.7. The third kappa shape index (κ3) is 4.08. The summed E-state index contributed by atoms with van der Waals surface area (Å²) in [6.07, 6.45) is -4.51. The normalized spacial score (nSPS) is 12.9. The molecular formula is C11H14F3N3O2. The van der Waals surface area contributed by atoms with Crippen molar-refractivity contribution in [3.05, 3.63) is 17.8 Å². The van der Waals surface area contributed by atoms with Gasteiger partial charge in [-0.3, -0.25) is 4.79 Å². The average Bonchev–Trinajstić information content (AvgIpc) is 2.36. The lowest BCUT2D eigenvalue weighted by Gasteiger charge is -2.20. The van der Waals surface area contributed by atoms with Crippen LogP contribution in [0.5, 0.6) is 0 Å². The predicted octanol–water partition coefficient (Wildman–Crippen LogP) is 1.74. The quantitative estimate of drug-likeness (QED) is 0.785. The molecule has 1 heterocycles. The fourth-order valence-electron chi connectivity index (χ4n) is 1.46. The average molecular weight is 277 g/mol. The number of halogens is 3. The van der Waals surface area contributed by atoms with E-state index in [0.717, 1.165) is 6.07 Å². The van der Waals surface area contributed by atoms with Crippen molar-refractivity contribution in [1.82, 2.24) is 10.2 Å². The van der Waals surface area contributed by atoms with Gasteiger partial charge in [-0.2, -0.15) is 13.2 Å². The van der Waals surface area contributed by atoms with Crippen LogP contribution in [0, 0.1) is 5.92 Å². The van der Waals surface area contributed by atoms with Crippen molar-refractivity contribution in [2.24, 2.45) is 5.92 Å². The molecule has 19 heavy (non-hydrogen) atoms.